The topological polar surface area (TPSA) is 89.1 Å². The van der Waals surface area contributed by atoms with Gasteiger partial charge in [0.2, 0.25) is 0 Å². The number of aromatic amines is 1. The fourth-order valence-corrected chi connectivity index (χ4v) is 6.20. The van der Waals surface area contributed by atoms with Crippen LogP contribution in [0.4, 0.5) is 4.79 Å². The molecular formula is C29H32N4O4. The number of aromatic hydroxyl groups is 1. The minimum atomic E-state index is -1.04. The molecule has 3 aromatic rings. The Kier molecular flexibility index (Phi) is 5.71. The maximum Gasteiger partial charge on any atom is 0.328 e. The largest absolute Gasteiger partial charge is 0.508 e. The Morgan fingerprint density at radius 2 is 2.00 bits per heavy atom. The van der Waals surface area contributed by atoms with Crippen molar-refractivity contribution in [3.05, 3.63) is 71.4 Å². The molecule has 0 radical (unpaired) electrons. The third kappa shape index (κ3) is 3.78. The molecule has 3 aliphatic rings. The van der Waals surface area contributed by atoms with Gasteiger partial charge >= 0.3 is 6.03 Å². The molecule has 8 nitrogen and oxygen atoms in total. The van der Waals surface area contributed by atoms with Gasteiger partial charge in [-0.3, -0.25) is 19.5 Å². The second-order valence-electron chi connectivity index (χ2n) is 10.4. The molecule has 2 atom stereocenters. The van der Waals surface area contributed by atoms with Gasteiger partial charge < -0.3 is 14.8 Å². The number of amides is 3. The van der Waals surface area contributed by atoms with Gasteiger partial charge in [-0.25, -0.2) is 4.79 Å². The van der Waals surface area contributed by atoms with E-state index in [1.54, 1.807) is 30.2 Å². The normalized spacial score (nSPS) is 23.6. The van der Waals surface area contributed by atoms with Crippen LogP contribution >= 0.6 is 0 Å². The van der Waals surface area contributed by atoms with Gasteiger partial charge in [0, 0.05) is 49.2 Å². The van der Waals surface area contributed by atoms with Crippen LogP contribution in [0.25, 0.3) is 10.9 Å². The predicted molar refractivity (Wildman–Crippen MR) is 141 cm³/mol. The minimum Gasteiger partial charge on any atom is -0.508 e. The van der Waals surface area contributed by atoms with Crippen LogP contribution in [0, 0.1) is 0 Å². The number of fused-ring (bicyclic) bond motifs is 4. The number of phenolic OH excluding ortho intramolecular Hbond substituents is 1. The first-order valence-electron chi connectivity index (χ1n) is 12.9. The van der Waals surface area contributed by atoms with Gasteiger partial charge in [-0.15, -0.1) is 0 Å². The number of carbonyl (C=O) groups is 2. The van der Waals surface area contributed by atoms with Crippen molar-refractivity contribution in [2.24, 2.45) is 0 Å². The van der Waals surface area contributed by atoms with Crippen LogP contribution in [-0.4, -0.2) is 75.6 Å². The summed E-state index contributed by atoms with van der Waals surface area (Å²) in [4.78, 5) is 36.9. The highest BCUT2D eigenvalue weighted by molar-refractivity contribution is 6.08. The first kappa shape index (κ1) is 23.6. The number of aromatic nitrogens is 1. The average Bonchev–Trinajstić information content (AvgIpc) is 3.35. The van der Waals surface area contributed by atoms with Crippen molar-refractivity contribution >= 4 is 22.8 Å². The van der Waals surface area contributed by atoms with Crippen molar-refractivity contribution in [1.82, 2.24) is 19.7 Å². The van der Waals surface area contributed by atoms with E-state index >= 15 is 0 Å². The SMILES string of the molecule is COc1ccc2[nH]c3c(c2c1)CC1(C)C(=O)N(CCCN2CC=CCC2)C(=O)N1C3c1cccc(O)c1. The summed E-state index contributed by atoms with van der Waals surface area (Å²) in [5.41, 5.74) is 2.52. The number of hydrogen-bond donors (Lipinski definition) is 2. The van der Waals surface area contributed by atoms with E-state index in [0.717, 1.165) is 65.9 Å². The van der Waals surface area contributed by atoms with Crippen LogP contribution in [-0.2, 0) is 11.2 Å². The lowest BCUT2D eigenvalue weighted by atomic mass is 9.81. The molecule has 1 fully saturated rings. The lowest BCUT2D eigenvalue weighted by Gasteiger charge is -2.42. The number of phenols is 1. The number of nitrogens with one attached hydrogen (secondary N) is 1. The zero-order valence-electron chi connectivity index (χ0n) is 21.2. The molecule has 8 heteroatoms. The van der Waals surface area contributed by atoms with Gasteiger partial charge in [0.05, 0.1) is 7.11 Å². The lowest BCUT2D eigenvalue weighted by molar-refractivity contribution is -0.133. The quantitative estimate of drug-likeness (QED) is 0.391. The third-order valence-electron chi connectivity index (χ3n) is 8.06. The molecule has 1 aromatic heterocycles. The second-order valence-corrected chi connectivity index (χ2v) is 10.4. The molecule has 6 rings (SSSR count). The van der Waals surface area contributed by atoms with Gasteiger partial charge in [0.15, 0.2) is 0 Å². The maximum atomic E-state index is 13.9. The Labute approximate surface area is 216 Å². The number of hydrogen-bond acceptors (Lipinski definition) is 5. The van der Waals surface area contributed by atoms with Crippen molar-refractivity contribution < 1.29 is 19.4 Å². The van der Waals surface area contributed by atoms with Crippen molar-refractivity contribution in [2.75, 3.05) is 33.3 Å². The molecule has 0 spiro atoms. The van der Waals surface area contributed by atoms with Crippen LogP contribution in [0.2, 0.25) is 0 Å². The second kappa shape index (κ2) is 8.95. The first-order chi connectivity index (χ1) is 17.9. The van der Waals surface area contributed by atoms with Crippen LogP contribution in [0.1, 0.15) is 42.6 Å². The number of rotatable bonds is 6. The third-order valence-corrected chi connectivity index (χ3v) is 8.06. The van der Waals surface area contributed by atoms with E-state index in [9.17, 15) is 14.7 Å². The molecule has 0 saturated carbocycles. The zero-order chi connectivity index (χ0) is 25.7. The highest BCUT2D eigenvalue weighted by Crippen LogP contribution is 2.49. The molecule has 0 bridgehead atoms. The minimum absolute atomic E-state index is 0.120. The summed E-state index contributed by atoms with van der Waals surface area (Å²) in [5, 5.41) is 11.3. The Morgan fingerprint density at radius 3 is 2.76 bits per heavy atom. The number of methoxy groups -OCH3 is 1. The summed E-state index contributed by atoms with van der Waals surface area (Å²) >= 11 is 0. The smallest absolute Gasteiger partial charge is 0.328 e. The van der Waals surface area contributed by atoms with Crippen molar-refractivity contribution in [3.63, 3.8) is 0 Å². The Morgan fingerprint density at radius 1 is 1.14 bits per heavy atom. The Hall–Kier alpha value is -3.78. The highest BCUT2D eigenvalue weighted by Gasteiger charge is 2.60. The molecule has 3 amide bonds. The number of benzene rings is 2. The summed E-state index contributed by atoms with van der Waals surface area (Å²) in [6, 6.07) is 12.0. The number of ether oxygens (including phenoxy) is 1. The number of imide groups is 1. The van der Waals surface area contributed by atoms with E-state index in [-0.39, 0.29) is 17.7 Å². The Bertz CT molecular complexity index is 1410. The van der Waals surface area contributed by atoms with Crippen LogP contribution in [0.5, 0.6) is 11.5 Å². The van der Waals surface area contributed by atoms with Crippen LogP contribution < -0.4 is 4.74 Å². The summed E-state index contributed by atoms with van der Waals surface area (Å²) in [6.07, 6.45) is 6.54. The van der Waals surface area contributed by atoms with Crippen LogP contribution in [0.3, 0.4) is 0 Å². The van der Waals surface area contributed by atoms with Gasteiger partial charge in [0.1, 0.15) is 23.1 Å². The molecular weight excluding hydrogens is 468 g/mol. The van der Waals surface area contributed by atoms with Crippen LogP contribution in [0.15, 0.2) is 54.6 Å². The molecule has 3 aliphatic heterocycles. The molecule has 2 aromatic carbocycles. The molecule has 2 N–H and O–H groups in total. The summed E-state index contributed by atoms with van der Waals surface area (Å²) in [6.45, 7) is 5.03. The zero-order valence-corrected chi connectivity index (χ0v) is 21.2. The number of carbonyl (C=O) groups excluding carboxylic acids is 2. The van der Waals surface area contributed by atoms with Crippen molar-refractivity contribution in [1.29, 1.82) is 0 Å². The van der Waals surface area contributed by atoms with E-state index in [1.807, 2.05) is 31.2 Å². The predicted octanol–water partition coefficient (Wildman–Crippen LogP) is 4.20. The van der Waals surface area contributed by atoms with E-state index in [2.05, 4.69) is 22.0 Å². The number of urea groups is 1. The number of nitrogens with zero attached hydrogens (tertiary/aromatic N) is 3. The lowest BCUT2D eigenvalue weighted by Crippen LogP contribution is -2.53. The fourth-order valence-electron chi connectivity index (χ4n) is 6.20. The van der Waals surface area contributed by atoms with Crippen molar-refractivity contribution in [2.45, 2.75) is 37.8 Å². The number of H-pyrrole nitrogens is 1. The molecule has 0 aliphatic carbocycles. The van der Waals surface area contributed by atoms with Crippen molar-refractivity contribution in [3.8, 4) is 11.5 Å². The van der Waals surface area contributed by atoms with Gasteiger partial charge in [-0.2, -0.15) is 0 Å². The fraction of sp³-hybridized carbons (Fsp3) is 0.379. The van der Waals surface area contributed by atoms with E-state index < -0.39 is 11.6 Å². The Balaban J connectivity index is 1.40. The molecule has 192 valence electrons. The van der Waals surface area contributed by atoms with Gasteiger partial charge in [0.25, 0.3) is 5.91 Å². The average molecular weight is 501 g/mol. The van der Waals surface area contributed by atoms with Gasteiger partial charge in [-0.05, 0) is 61.2 Å². The molecule has 2 unspecified atom stereocenters. The molecule has 37 heavy (non-hydrogen) atoms. The summed E-state index contributed by atoms with van der Waals surface area (Å²) in [5.74, 6) is 0.692. The first-order valence-corrected chi connectivity index (χ1v) is 12.9. The highest BCUT2D eigenvalue weighted by atomic mass is 16.5. The monoisotopic (exact) mass is 500 g/mol. The maximum absolute atomic E-state index is 13.9. The van der Waals surface area contributed by atoms with Gasteiger partial charge in [-0.1, -0.05) is 24.3 Å². The molecule has 1 saturated heterocycles. The van der Waals surface area contributed by atoms with E-state index in [1.165, 1.54) is 4.90 Å². The summed E-state index contributed by atoms with van der Waals surface area (Å²) in [7, 11) is 1.64. The summed E-state index contributed by atoms with van der Waals surface area (Å²) < 4.78 is 5.48. The van der Waals surface area contributed by atoms with E-state index in [4.69, 9.17) is 4.74 Å². The van der Waals surface area contributed by atoms with E-state index in [0.29, 0.717) is 13.0 Å². The molecule has 4 heterocycles. The standard InChI is InChI=1S/C29H32N4O4/c1-29-18-23-22-17-21(37-2)10-11-24(22)30-25(23)26(19-8-6-9-20(34)16-19)33(29)28(36)32(27(29)35)15-7-14-31-12-4-3-5-13-31/h3-4,6,8-11,16-17,26,30,34H,5,7,12-15,18H2,1-2H3.